The van der Waals surface area contributed by atoms with Gasteiger partial charge in [0.1, 0.15) is 11.4 Å². The van der Waals surface area contributed by atoms with Crippen LogP contribution in [0.4, 0.5) is 0 Å². The van der Waals surface area contributed by atoms with Crippen LogP contribution in [-0.4, -0.2) is 52.5 Å². The number of Topliss-reactive ketones (excluding diaryl/α,β-unsaturated/α-hetero) is 2. The fraction of sp³-hybridized carbons (Fsp3) is 0.550. The summed E-state index contributed by atoms with van der Waals surface area (Å²) in [5, 5.41) is 0. The fourth-order valence-corrected chi connectivity index (χ4v) is 4.78. The zero-order valence-corrected chi connectivity index (χ0v) is 16.6. The number of allylic oxidation sites excluding steroid dienone is 2. The van der Waals surface area contributed by atoms with Gasteiger partial charge >= 0.3 is 0 Å². The predicted octanol–water partition coefficient (Wildman–Crippen LogP) is 3.54. The lowest BCUT2D eigenvalue weighted by molar-refractivity contribution is 0.0938. The number of carbonyl (C=O) groups excluding carboxylic acids is 2. The molecule has 138 valence electrons. The predicted molar refractivity (Wildman–Crippen MR) is 103 cm³/mol. The van der Waals surface area contributed by atoms with E-state index in [1.165, 1.54) is 25.7 Å². The fourth-order valence-electron chi connectivity index (χ4n) is 4.16. The van der Waals surface area contributed by atoms with Crippen LogP contribution in [0.1, 0.15) is 64.9 Å². The van der Waals surface area contributed by atoms with Crippen molar-refractivity contribution >= 4 is 27.5 Å². The quantitative estimate of drug-likeness (QED) is 0.752. The Morgan fingerprint density at radius 3 is 2.27 bits per heavy atom. The second kappa shape index (κ2) is 7.61. The summed E-state index contributed by atoms with van der Waals surface area (Å²) in [6.07, 6.45) is 8.81. The highest BCUT2D eigenvalue weighted by Crippen LogP contribution is 2.32. The molecule has 2 fully saturated rings. The molecule has 0 spiro atoms. The van der Waals surface area contributed by atoms with E-state index < -0.39 is 0 Å². The summed E-state index contributed by atoms with van der Waals surface area (Å²) in [6.45, 7) is 4.65. The molecule has 26 heavy (non-hydrogen) atoms. The van der Waals surface area contributed by atoms with E-state index in [0.717, 1.165) is 51.1 Å². The number of halogens is 1. The number of nitrogens with zero attached hydrogens (tertiary/aromatic N) is 3. The number of rotatable bonds is 3. The number of hydrogen-bond donors (Lipinski definition) is 0. The molecule has 0 atom stereocenters. The van der Waals surface area contributed by atoms with Gasteiger partial charge in [-0.15, -0.1) is 0 Å². The van der Waals surface area contributed by atoms with Gasteiger partial charge in [-0.25, -0.2) is 0 Å². The number of aromatic nitrogens is 1. The smallest absolute Gasteiger partial charge is 0.221 e. The molecule has 1 aromatic heterocycles. The summed E-state index contributed by atoms with van der Waals surface area (Å²) in [5.41, 5.74) is 2.29. The lowest BCUT2D eigenvalue weighted by atomic mass is 9.94. The number of piperidine rings is 2. The molecular formula is C20H24BrN3O2. The molecule has 0 N–H and O–H groups in total. The van der Waals surface area contributed by atoms with Gasteiger partial charge < -0.3 is 4.90 Å². The van der Waals surface area contributed by atoms with Gasteiger partial charge in [-0.1, -0.05) is 6.42 Å². The Hall–Kier alpha value is -1.53. The van der Waals surface area contributed by atoms with Crippen molar-refractivity contribution in [3.05, 3.63) is 39.3 Å². The summed E-state index contributed by atoms with van der Waals surface area (Å²) in [5.74, 6) is -0.244. The second-order valence-corrected chi connectivity index (χ2v) is 8.24. The van der Waals surface area contributed by atoms with Gasteiger partial charge in [0.15, 0.2) is 0 Å². The van der Waals surface area contributed by atoms with Gasteiger partial charge in [0.2, 0.25) is 11.6 Å². The van der Waals surface area contributed by atoms with E-state index in [2.05, 4.69) is 30.7 Å². The molecule has 3 heterocycles. The number of hydrogen-bond acceptors (Lipinski definition) is 5. The molecule has 4 rings (SSSR count). The lowest BCUT2D eigenvalue weighted by Crippen LogP contribution is -2.37. The summed E-state index contributed by atoms with van der Waals surface area (Å²) >= 11 is 3.38. The van der Waals surface area contributed by atoms with Crippen molar-refractivity contribution in [1.82, 2.24) is 14.8 Å². The molecule has 2 aliphatic heterocycles. The maximum atomic E-state index is 13.2. The zero-order chi connectivity index (χ0) is 18.1. The third-order valence-electron chi connectivity index (χ3n) is 5.55. The Bertz CT molecular complexity index is 762. The van der Waals surface area contributed by atoms with Crippen molar-refractivity contribution in [1.29, 1.82) is 0 Å². The highest BCUT2D eigenvalue weighted by molar-refractivity contribution is 9.12. The molecule has 1 aromatic rings. The molecule has 0 radical (unpaired) electrons. The highest BCUT2D eigenvalue weighted by atomic mass is 79.9. The molecule has 0 unspecified atom stereocenters. The maximum Gasteiger partial charge on any atom is 0.221 e. The minimum atomic E-state index is -0.176. The first-order chi connectivity index (χ1) is 12.6. The van der Waals surface area contributed by atoms with Crippen LogP contribution in [-0.2, 0) is 6.54 Å². The molecule has 5 nitrogen and oxygen atoms in total. The Balaban J connectivity index is 1.63. The van der Waals surface area contributed by atoms with Gasteiger partial charge in [0.25, 0.3) is 0 Å². The molecule has 0 bridgehead atoms. The summed E-state index contributed by atoms with van der Waals surface area (Å²) < 4.78 is 0.369. The number of pyridine rings is 1. The number of fused-ring (bicyclic) bond motifs is 1. The van der Waals surface area contributed by atoms with Gasteiger partial charge in [-0.3, -0.25) is 19.5 Å². The van der Waals surface area contributed by atoms with E-state index >= 15 is 0 Å². The van der Waals surface area contributed by atoms with Crippen LogP contribution in [0.2, 0.25) is 0 Å². The van der Waals surface area contributed by atoms with Crippen molar-refractivity contribution in [3.8, 4) is 0 Å². The van der Waals surface area contributed by atoms with Crippen LogP contribution in [0, 0.1) is 0 Å². The van der Waals surface area contributed by atoms with Gasteiger partial charge in [-0.2, -0.15) is 0 Å². The average molecular weight is 418 g/mol. The van der Waals surface area contributed by atoms with E-state index in [1.54, 1.807) is 6.20 Å². The zero-order valence-electron chi connectivity index (χ0n) is 15.0. The molecule has 1 aliphatic carbocycles. The number of ketones is 2. The Morgan fingerprint density at radius 1 is 0.923 bits per heavy atom. The van der Waals surface area contributed by atoms with Crippen molar-refractivity contribution in [2.75, 3.05) is 26.2 Å². The Labute approximate surface area is 162 Å². The molecule has 0 aromatic carbocycles. The monoisotopic (exact) mass is 417 g/mol. The molecule has 0 amide bonds. The third-order valence-corrected chi connectivity index (χ3v) is 6.29. The molecule has 0 saturated carbocycles. The van der Waals surface area contributed by atoms with Crippen LogP contribution in [0.3, 0.4) is 0 Å². The molecular weight excluding hydrogens is 394 g/mol. The average Bonchev–Trinajstić information content (AvgIpc) is 2.68. The van der Waals surface area contributed by atoms with Crippen molar-refractivity contribution < 1.29 is 9.59 Å². The molecule has 6 heteroatoms. The summed E-state index contributed by atoms with van der Waals surface area (Å²) in [6, 6.07) is 1.89. The Kier molecular flexibility index (Phi) is 5.23. The second-order valence-electron chi connectivity index (χ2n) is 7.45. The standard InChI is InChI=1S/C20H24BrN3O2/c21-16-18(24-9-5-2-6-10-24)19(25)15-11-14(12-22-17(15)20(16)26)13-23-7-3-1-4-8-23/h11-12H,1-10,13H2. The first-order valence-electron chi connectivity index (χ1n) is 9.60. The van der Waals surface area contributed by atoms with Crippen LogP contribution < -0.4 is 0 Å². The first kappa shape index (κ1) is 17.9. The highest BCUT2D eigenvalue weighted by Gasteiger charge is 2.35. The van der Waals surface area contributed by atoms with E-state index in [0.29, 0.717) is 15.7 Å². The Morgan fingerprint density at radius 2 is 1.58 bits per heavy atom. The van der Waals surface area contributed by atoms with E-state index in [9.17, 15) is 9.59 Å². The SMILES string of the molecule is O=C1C(N2CCCCC2)=C(Br)C(=O)c2ncc(CN3CCCCC3)cc21. The van der Waals surface area contributed by atoms with Gasteiger partial charge in [-0.05, 0) is 72.8 Å². The van der Waals surface area contributed by atoms with Crippen molar-refractivity contribution in [2.24, 2.45) is 0 Å². The van der Waals surface area contributed by atoms with E-state index in [-0.39, 0.29) is 17.3 Å². The summed E-state index contributed by atoms with van der Waals surface area (Å²) in [7, 11) is 0. The van der Waals surface area contributed by atoms with Crippen molar-refractivity contribution in [2.45, 2.75) is 45.1 Å². The largest absolute Gasteiger partial charge is 0.367 e. The van der Waals surface area contributed by atoms with Crippen molar-refractivity contribution in [3.63, 3.8) is 0 Å². The minimum absolute atomic E-state index is 0.0682. The lowest BCUT2D eigenvalue weighted by Gasteiger charge is -2.33. The van der Waals surface area contributed by atoms with Gasteiger partial charge in [0.05, 0.1) is 10.0 Å². The third kappa shape index (κ3) is 3.37. The molecule has 2 saturated heterocycles. The minimum Gasteiger partial charge on any atom is -0.367 e. The van der Waals surface area contributed by atoms with Gasteiger partial charge in [0, 0.05) is 25.8 Å². The van der Waals surface area contributed by atoms with E-state index in [4.69, 9.17) is 0 Å². The maximum absolute atomic E-state index is 13.2. The molecule has 3 aliphatic rings. The topological polar surface area (TPSA) is 53.5 Å². The van der Waals surface area contributed by atoms with Crippen LogP contribution >= 0.6 is 15.9 Å². The first-order valence-corrected chi connectivity index (χ1v) is 10.4. The van der Waals surface area contributed by atoms with Crippen LogP contribution in [0.5, 0.6) is 0 Å². The van der Waals surface area contributed by atoms with Crippen LogP contribution in [0.25, 0.3) is 0 Å². The normalized spacial score (nSPS) is 22.0. The summed E-state index contributed by atoms with van der Waals surface area (Å²) in [4.78, 5) is 34.8. The number of carbonyl (C=O) groups is 2. The van der Waals surface area contributed by atoms with E-state index in [1.807, 2.05) is 6.07 Å². The number of likely N-dealkylation sites (tertiary alicyclic amines) is 2. The van der Waals surface area contributed by atoms with Crippen LogP contribution in [0.15, 0.2) is 22.4 Å².